The van der Waals surface area contributed by atoms with E-state index in [9.17, 15) is 4.79 Å². The van der Waals surface area contributed by atoms with Gasteiger partial charge in [-0.1, -0.05) is 18.6 Å². The third-order valence-electron chi connectivity index (χ3n) is 7.35. The van der Waals surface area contributed by atoms with E-state index in [1.165, 1.54) is 45.2 Å². The Kier molecular flexibility index (Phi) is 8.09. The van der Waals surface area contributed by atoms with Crippen LogP contribution < -0.4 is 4.74 Å². The van der Waals surface area contributed by atoms with Gasteiger partial charge >= 0.3 is 0 Å². The molecule has 6 heteroatoms. The van der Waals surface area contributed by atoms with Crippen molar-refractivity contribution in [2.24, 2.45) is 5.92 Å². The van der Waals surface area contributed by atoms with Crippen LogP contribution in [0.25, 0.3) is 10.9 Å². The maximum Gasteiger partial charge on any atom is 0.224 e. The van der Waals surface area contributed by atoms with E-state index >= 15 is 0 Å². The van der Waals surface area contributed by atoms with E-state index in [1.807, 2.05) is 12.1 Å². The first-order valence-electron chi connectivity index (χ1n) is 12.3. The molecule has 32 heavy (non-hydrogen) atoms. The van der Waals surface area contributed by atoms with Crippen LogP contribution in [-0.4, -0.2) is 73.3 Å². The number of hydrogen-bond acceptors (Lipinski definition) is 4. The molecule has 0 unspecified atom stereocenters. The number of nitrogens with zero attached hydrogens (tertiary/aromatic N) is 3. The number of para-hydroxylation sites is 1. The van der Waals surface area contributed by atoms with Gasteiger partial charge in [0.15, 0.2) is 0 Å². The monoisotopic (exact) mass is 441 g/mol. The third-order valence-corrected chi connectivity index (χ3v) is 7.35. The topological polar surface area (TPSA) is 46.9 Å². The van der Waals surface area contributed by atoms with E-state index in [2.05, 4.69) is 32.7 Å². The summed E-state index contributed by atoms with van der Waals surface area (Å²) in [5.41, 5.74) is 1.07. The molecule has 4 rings (SSSR count). The first-order chi connectivity index (χ1) is 15.7. The molecule has 176 valence electrons. The van der Waals surface area contributed by atoms with Crippen molar-refractivity contribution in [3.63, 3.8) is 0 Å². The number of aromatic nitrogens is 1. The van der Waals surface area contributed by atoms with Crippen LogP contribution in [0, 0.1) is 5.92 Å². The minimum Gasteiger partial charge on any atom is -0.495 e. The van der Waals surface area contributed by atoms with Gasteiger partial charge in [0.1, 0.15) is 5.75 Å². The average molecular weight is 442 g/mol. The zero-order chi connectivity index (χ0) is 22.3. The standard InChI is InChI=1S/C26H39N3O3/c1-31-19-7-16-29(20-22-9-6-15-27-14-4-3-10-23(22)27)25(30)13-18-28-17-12-21-8-5-11-24(32-2)26(21)28/h5,8,11-12,17,22-23H,3-4,6-7,9-10,13-16,18-20H2,1-2H3/t22-,23-/m0/s1. The van der Waals surface area contributed by atoms with Gasteiger partial charge in [-0.15, -0.1) is 0 Å². The molecule has 2 aliphatic heterocycles. The number of carbonyl (C=O) groups excluding carboxylic acids is 1. The fraction of sp³-hybridized carbons (Fsp3) is 0.654. The fourth-order valence-corrected chi connectivity index (χ4v) is 5.74. The van der Waals surface area contributed by atoms with E-state index in [-0.39, 0.29) is 5.91 Å². The number of ether oxygens (including phenoxy) is 2. The quantitative estimate of drug-likeness (QED) is 0.519. The van der Waals surface area contributed by atoms with E-state index in [4.69, 9.17) is 9.47 Å². The van der Waals surface area contributed by atoms with Gasteiger partial charge in [-0.05, 0) is 63.2 Å². The van der Waals surface area contributed by atoms with Crippen LogP contribution in [0.4, 0.5) is 0 Å². The molecule has 0 N–H and O–H groups in total. The molecule has 2 aromatic rings. The highest BCUT2D eigenvalue weighted by molar-refractivity contribution is 5.86. The Morgan fingerprint density at radius 3 is 2.84 bits per heavy atom. The smallest absolute Gasteiger partial charge is 0.224 e. The van der Waals surface area contributed by atoms with Crippen molar-refractivity contribution in [1.29, 1.82) is 0 Å². The lowest BCUT2D eigenvalue weighted by Crippen LogP contribution is -2.51. The van der Waals surface area contributed by atoms with Crippen molar-refractivity contribution in [1.82, 2.24) is 14.4 Å². The van der Waals surface area contributed by atoms with Crippen molar-refractivity contribution in [2.75, 3.05) is 47.0 Å². The van der Waals surface area contributed by atoms with Gasteiger partial charge in [0, 0.05) is 57.4 Å². The highest BCUT2D eigenvalue weighted by atomic mass is 16.5. The molecule has 0 radical (unpaired) electrons. The lowest BCUT2D eigenvalue weighted by molar-refractivity contribution is -0.133. The van der Waals surface area contributed by atoms with Crippen LogP contribution in [0.2, 0.25) is 0 Å². The highest BCUT2D eigenvalue weighted by Crippen LogP contribution is 2.32. The average Bonchev–Trinajstić information content (AvgIpc) is 3.25. The number of amides is 1. The van der Waals surface area contributed by atoms with Gasteiger partial charge in [-0.3, -0.25) is 4.79 Å². The first kappa shape index (κ1) is 23.1. The SMILES string of the molecule is COCCCN(C[C@@H]1CCCN2CCCC[C@@H]12)C(=O)CCn1ccc2cccc(OC)c21. The van der Waals surface area contributed by atoms with E-state index in [1.54, 1.807) is 14.2 Å². The molecule has 2 atom stereocenters. The van der Waals surface area contributed by atoms with Gasteiger partial charge in [-0.25, -0.2) is 0 Å². The van der Waals surface area contributed by atoms with Crippen molar-refractivity contribution >= 4 is 16.8 Å². The summed E-state index contributed by atoms with van der Waals surface area (Å²) in [7, 11) is 3.44. The second kappa shape index (κ2) is 11.2. The molecule has 0 bridgehead atoms. The molecule has 2 saturated heterocycles. The van der Waals surface area contributed by atoms with Gasteiger partial charge in [-0.2, -0.15) is 0 Å². The largest absolute Gasteiger partial charge is 0.495 e. The fourth-order valence-electron chi connectivity index (χ4n) is 5.74. The van der Waals surface area contributed by atoms with Gasteiger partial charge in [0.05, 0.1) is 12.6 Å². The molecule has 2 aliphatic rings. The minimum atomic E-state index is 0.255. The Bertz CT molecular complexity index is 878. The molecular weight excluding hydrogens is 402 g/mol. The number of carbonyl (C=O) groups is 1. The molecule has 3 heterocycles. The summed E-state index contributed by atoms with van der Waals surface area (Å²) in [6.45, 7) is 5.51. The Balaban J connectivity index is 1.42. The Morgan fingerprint density at radius 2 is 2.00 bits per heavy atom. The normalized spacial score (nSPS) is 21.4. The third kappa shape index (κ3) is 5.29. The first-order valence-corrected chi connectivity index (χ1v) is 12.3. The van der Waals surface area contributed by atoms with E-state index < -0.39 is 0 Å². The predicted octanol–water partition coefficient (Wildman–Crippen LogP) is 4.17. The molecule has 1 aromatic heterocycles. The Hall–Kier alpha value is -2.05. The number of hydrogen-bond donors (Lipinski definition) is 0. The number of piperidine rings is 2. The van der Waals surface area contributed by atoms with Gasteiger partial charge < -0.3 is 23.8 Å². The number of methoxy groups -OCH3 is 2. The number of benzene rings is 1. The summed E-state index contributed by atoms with van der Waals surface area (Å²) in [6.07, 6.45) is 9.92. The molecule has 1 amide bonds. The molecule has 0 spiro atoms. The summed E-state index contributed by atoms with van der Waals surface area (Å²) >= 11 is 0. The molecule has 1 aromatic carbocycles. The number of rotatable bonds is 10. The van der Waals surface area contributed by atoms with Crippen LogP contribution in [0.3, 0.4) is 0 Å². The van der Waals surface area contributed by atoms with Crippen molar-refractivity contribution in [2.45, 2.75) is 57.5 Å². The molecular formula is C26H39N3O3. The summed E-state index contributed by atoms with van der Waals surface area (Å²) in [6, 6.07) is 8.83. The molecule has 2 fully saturated rings. The molecule has 0 saturated carbocycles. The van der Waals surface area contributed by atoms with Crippen LogP contribution in [0.15, 0.2) is 30.5 Å². The maximum absolute atomic E-state index is 13.4. The second-order valence-electron chi connectivity index (χ2n) is 9.34. The van der Waals surface area contributed by atoms with Gasteiger partial charge in [0.25, 0.3) is 0 Å². The predicted molar refractivity (Wildman–Crippen MR) is 128 cm³/mol. The van der Waals surface area contributed by atoms with Crippen molar-refractivity contribution in [3.8, 4) is 5.75 Å². The maximum atomic E-state index is 13.4. The van der Waals surface area contributed by atoms with Gasteiger partial charge in [0.2, 0.25) is 5.91 Å². The Morgan fingerprint density at radius 1 is 1.12 bits per heavy atom. The lowest BCUT2D eigenvalue weighted by atomic mass is 9.83. The summed E-state index contributed by atoms with van der Waals surface area (Å²) < 4.78 is 13.0. The van der Waals surface area contributed by atoms with E-state index in [0.717, 1.165) is 36.2 Å². The van der Waals surface area contributed by atoms with Crippen LogP contribution >= 0.6 is 0 Å². The van der Waals surface area contributed by atoms with Crippen molar-refractivity contribution < 1.29 is 14.3 Å². The molecule has 6 nitrogen and oxygen atoms in total. The van der Waals surface area contributed by atoms with Crippen LogP contribution in [-0.2, 0) is 16.1 Å². The van der Waals surface area contributed by atoms with Crippen LogP contribution in [0.1, 0.15) is 44.9 Å². The lowest BCUT2D eigenvalue weighted by Gasteiger charge is -2.45. The molecule has 0 aliphatic carbocycles. The number of aryl methyl sites for hydroxylation is 1. The Labute approximate surface area is 192 Å². The zero-order valence-electron chi connectivity index (χ0n) is 19.8. The van der Waals surface area contributed by atoms with Crippen molar-refractivity contribution in [3.05, 3.63) is 30.5 Å². The van der Waals surface area contributed by atoms with E-state index in [0.29, 0.717) is 31.5 Å². The number of fused-ring (bicyclic) bond motifs is 2. The highest BCUT2D eigenvalue weighted by Gasteiger charge is 2.34. The second-order valence-corrected chi connectivity index (χ2v) is 9.34. The zero-order valence-corrected chi connectivity index (χ0v) is 19.8. The minimum absolute atomic E-state index is 0.255. The summed E-state index contributed by atoms with van der Waals surface area (Å²) in [4.78, 5) is 18.2. The van der Waals surface area contributed by atoms with Crippen LogP contribution in [0.5, 0.6) is 5.75 Å². The summed E-state index contributed by atoms with van der Waals surface area (Å²) in [5, 5.41) is 1.15. The summed E-state index contributed by atoms with van der Waals surface area (Å²) in [5.74, 6) is 1.71.